The van der Waals surface area contributed by atoms with Crippen LogP contribution in [-0.4, -0.2) is 16.0 Å². The molecule has 31 heavy (non-hydrogen) atoms. The highest BCUT2D eigenvalue weighted by molar-refractivity contribution is 9.10. The number of thiocarbonyl (C=S) groups is 1. The summed E-state index contributed by atoms with van der Waals surface area (Å²) in [6, 6.07) is 20.8. The summed E-state index contributed by atoms with van der Waals surface area (Å²) in [6.07, 6.45) is 0. The molecular weight excluding hydrogens is 474 g/mol. The Kier molecular flexibility index (Phi) is 6.15. The minimum Gasteiger partial charge on any atom is -0.436 e. The van der Waals surface area contributed by atoms with Gasteiger partial charge in [-0.2, -0.15) is 0 Å². The Bertz CT molecular complexity index is 1280. The number of carbonyl (C=O) groups is 1. The standard InChI is InChI=1S/C24H20BrN3O2S/c1-14(2)15-10-11-21-20(13-15)27-23(30-21)16-6-5-7-17(12-16)26-24(31)28-22(29)18-8-3-4-9-19(18)25/h3-14H,1-2H3,(H2,26,28,29,31). The van der Waals surface area contributed by atoms with Crippen LogP contribution in [0.25, 0.3) is 22.6 Å². The fourth-order valence-electron chi connectivity index (χ4n) is 3.14. The van der Waals surface area contributed by atoms with Gasteiger partial charge in [0.1, 0.15) is 5.52 Å². The number of anilines is 1. The summed E-state index contributed by atoms with van der Waals surface area (Å²) < 4.78 is 6.64. The number of oxazole rings is 1. The van der Waals surface area contributed by atoms with Gasteiger partial charge < -0.3 is 9.73 Å². The summed E-state index contributed by atoms with van der Waals surface area (Å²) in [4.78, 5) is 17.1. The molecule has 0 aliphatic rings. The number of amides is 1. The van der Waals surface area contributed by atoms with Crippen LogP contribution in [-0.2, 0) is 0 Å². The number of aromatic nitrogens is 1. The van der Waals surface area contributed by atoms with Crippen molar-refractivity contribution in [3.63, 3.8) is 0 Å². The molecule has 0 aliphatic carbocycles. The molecule has 5 nitrogen and oxygen atoms in total. The molecule has 0 saturated heterocycles. The molecule has 0 fully saturated rings. The monoisotopic (exact) mass is 493 g/mol. The van der Waals surface area contributed by atoms with Crippen molar-refractivity contribution in [1.82, 2.24) is 10.3 Å². The highest BCUT2D eigenvalue weighted by Gasteiger charge is 2.13. The molecule has 0 spiro atoms. The van der Waals surface area contributed by atoms with Crippen molar-refractivity contribution >= 4 is 56.0 Å². The molecule has 1 aromatic heterocycles. The number of rotatable bonds is 4. The SMILES string of the molecule is CC(C)c1ccc2oc(-c3cccc(NC(=S)NC(=O)c4ccccc4Br)c3)nc2c1. The second kappa shape index (κ2) is 8.99. The number of benzene rings is 3. The van der Waals surface area contributed by atoms with E-state index in [1.54, 1.807) is 18.2 Å². The number of hydrogen-bond acceptors (Lipinski definition) is 4. The molecule has 0 aliphatic heterocycles. The topological polar surface area (TPSA) is 67.2 Å². The van der Waals surface area contributed by atoms with Crippen molar-refractivity contribution < 1.29 is 9.21 Å². The highest BCUT2D eigenvalue weighted by Crippen LogP contribution is 2.28. The molecule has 4 rings (SSSR count). The lowest BCUT2D eigenvalue weighted by Crippen LogP contribution is -2.34. The van der Waals surface area contributed by atoms with Crippen LogP contribution in [0.3, 0.4) is 0 Å². The number of nitrogens with zero attached hydrogens (tertiary/aromatic N) is 1. The van der Waals surface area contributed by atoms with Crippen LogP contribution >= 0.6 is 28.1 Å². The van der Waals surface area contributed by atoms with Crippen LogP contribution in [0.2, 0.25) is 0 Å². The molecule has 0 unspecified atom stereocenters. The van der Waals surface area contributed by atoms with Crippen LogP contribution in [0.15, 0.2) is 75.6 Å². The predicted molar refractivity (Wildman–Crippen MR) is 131 cm³/mol. The second-order valence-electron chi connectivity index (χ2n) is 7.37. The molecule has 156 valence electrons. The molecule has 4 aromatic rings. The van der Waals surface area contributed by atoms with Gasteiger partial charge in [-0.1, -0.05) is 38.1 Å². The molecule has 0 saturated carbocycles. The normalized spacial score (nSPS) is 11.0. The van der Waals surface area contributed by atoms with Crippen molar-refractivity contribution in [2.45, 2.75) is 19.8 Å². The predicted octanol–water partition coefficient (Wildman–Crippen LogP) is 6.51. The Hall–Kier alpha value is -3.03. The molecule has 0 radical (unpaired) electrons. The summed E-state index contributed by atoms with van der Waals surface area (Å²) in [5.41, 5.74) is 4.83. The number of carbonyl (C=O) groups excluding carboxylic acids is 1. The summed E-state index contributed by atoms with van der Waals surface area (Å²) in [5.74, 6) is 0.661. The van der Waals surface area contributed by atoms with E-state index in [4.69, 9.17) is 16.6 Å². The molecule has 3 aromatic carbocycles. The van der Waals surface area contributed by atoms with Gasteiger partial charge in [0.2, 0.25) is 5.89 Å². The van der Waals surface area contributed by atoms with Crippen molar-refractivity contribution in [2.75, 3.05) is 5.32 Å². The Balaban J connectivity index is 1.51. The van der Waals surface area contributed by atoms with Gasteiger partial charge in [-0.05, 0) is 82.1 Å². The van der Waals surface area contributed by atoms with Gasteiger partial charge in [0.05, 0.1) is 5.56 Å². The molecule has 0 bridgehead atoms. The first-order chi connectivity index (χ1) is 14.9. The number of fused-ring (bicyclic) bond motifs is 1. The van der Waals surface area contributed by atoms with Crippen molar-refractivity contribution in [2.24, 2.45) is 0 Å². The lowest BCUT2D eigenvalue weighted by atomic mass is 10.0. The summed E-state index contributed by atoms with van der Waals surface area (Å²) >= 11 is 8.68. The molecule has 0 atom stereocenters. The van der Waals surface area contributed by atoms with E-state index in [1.807, 2.05) is 36.4 Å². The first kappa shape index (κ1) is 21.2. The molecule has 7 heteroatoms. The van der Waals surface area contributed by atoms with Gasteiger partial charge in [0.15, 0.2) is 10.7 Å². The lowest BCUT2D eigenvalue weighted by molar-refractivity contribution is 0.0977. The molecule has 1 amide bonds. The Labute approximate surface area is 194 Å². The molecule has 1 heterocycles. The van der Waals surface area contributed by atoms with E-state index in [2.05, 4.69) is 57.5 Å². The fourth-order valence-corrected chi connectivity index (χ4v) is 3.81. The van der Waals surface area contributed by atoms with E-state index < -0.39 is 0 Å². The first-order valence-electron chi connectivity index (χ1n) is 9.78. The molecular formula is C24H20BrN3O2S. The zero-order valence-electron chi connectivity index (χ0n) is 17.0. The summed E-state index contributed by atoms with van der Waals surface area (Å²) in [5, 5.41) is 5.95. The van der Waals surface area contributed by atoms with Crippen molar-refractivity contribution in [1.29, 1.82) is 0 Å². The Morgan fingerprint density at radius 3 is 2.65 bits per heavy atom. The van der Waals surface area contributed by atoms with E-state index in [1.165, 1.54) is 5.56 Å². The van der Waals surface area contributed by atoms with Gasteiger partial charge in [-0.15, -0.1) is 0 Å². The van der Waals surface area contributed by atoms with Crippen LogP contribution in [0.4, 0.5) is 5.69 Å². The summed E-state index contributed by atoms with van der Waals surface area (Å²) in [7, 11) is 0. The summed E-state index contributed by atoms with van der Waals surface area (Å²) in [6.45, 7) is 4.30. The van der Waals surface area contributed by atoms with E-state index in [0.717, 1.165) is 22.4 Å². The third-order valence-corrected chi connectivity index (χ3v) is 5.69. The second-order valence-corrected chi connectivity index (χ2v) is 8.63. The minimum absolute atomic E-state index is 0.206. The van der Waals surface area contributed by atoms with E-state index in [-0.39, 0.29) is 11.0 Å². The van der Waals surface area contributed by atoms with Gasteiger partial charge in [-0.25, -0.2) is 4.98 Å². The van der Waals surface area contributed by atoms with Crippen LogP contribution < -0.4 is 10.6 Å². The highest BCUT2D eigenvalue weighted by atomic mass is 79.9. The van der Waals surface area contributed by atoms with Crippen LogP contribution in [0, 0.1) is 0 Å². The maximum atomic E-state index is 12.4. The average molecular weight is 494 g/mol. The zero-order chi connectivity index (χ0) is 22.0. The van der Waals surface area contributed by atoms with Gasteiger partial charge in [0, 0.05) is 15.7 Å². The van der Waals surface area contributed by atoms with Crippen LogP contribution in [0.5, 0.6) is 0 Å². The van der Waals surface area contributed by atoms with Crippen LogP contribution in [0.1, 0.15) is 35.7 Å². The minimum atomic E-state index is -0.291. The zero-order valence-corrected chi connectivity index (χ0v) is 19.4. The van der Waals surface area contributed by atoms with Gasteiger partial charge in [-0.3, -0.25) is 10.1 Å². The Morgan fingerprint density at radius 2 is 1.87 bits per heavy atom. The number of halogens is 1. The third kappa shape index (κ3) is 4.84. The van der Waals surface area contributed by atoms with Crippen molar-refractivity contribution in [3.8, 4) is 11.5 Å². The first-order valence-corrected chi connectivity index (χ1v) is 11.0. The molecule has 2 N–H and O–H groups in total. The number of hydrogen-bond donors (Lipinski definition) is 2. The third-order valence-electron chi connectivity index (χ3n) is 4.79. The van der Waals surface area contributed by atoms with Gasteiger partial charge in [0.25, 0.3) is 5.91 Å². The van der Waals surface area contributed by atoms with E-state index >= 15 is 0 Å². The number of nitrogens with one attached hydrogen (secondary N) is 2. The van der Waals surface area contributed by atoms with Crippen molar-refractivity contribution in [3.05, 3.63) is 82.3 Å². The Morgan fingerprint density at radius 1 is 1.06 bits per heavy atom. The average Bonchev–Trinajstić information content (AvgIpc) is 3.17. The fraction of sp³-hybridized carbons (Fsp3) is 0.125. The van der Waals surface area contributed by atoms with E-state index in [0.29, 0.717) is 21.8 Å². The van der Waals surface area contributed by atoms with Gasteiger partial charge >= 0.3 is 0 Å². The maximum absolute atomic E-state index is 12.4. The smallest absolute Gasteiger partial charge is 0.258 e. The lowest BCUT2D eigenvalue weighted by Gasteiger charge is -2.11. The van der Waals surface area contributed by atoms with E-state index in [9.17, 15) is 4.79 Å². The maximum Gasteiger partial charge on any atom is 0.258 e. The largest absolute Gasteiger partial charge is 0.436 e. The quantitative estimate of drug-likeness (QED) is 0.317.